The highest BCUT2D eigenvalue weighted by atomic mass is 16.5. The van der Waals surface area contributed by atoms with Gasteiger partial charge in [-0.2, -0.15) is 0 Å². The van der Waals surface area contributed by atoms with Gasteiger partial charge in [0.15, 0.2) is 0 Å². The van der Waals surface area contributed by atoms with Gasteiger partial charge in [-0.15, -0.1) is 0 Å². The van der Waals surface area contributed by atoms with Crippen molar-refractivity contribution in [3.63, 3.8) is 0 Å². The van der Waals surface area contributed by atoms with Crippen LogP contribution >= 0.6 is 0 Å². The summed E-state index contributed by atoms with van der Waals surface area (Å²) < 4.78 is 7.36. The van der Waals surface area contributed by atoms with Crippen LogP contribution in [0.5, 0.6) is 5.75 Å². The van der Waals surface area contributed by atoms with Crippen molar-refractivity contribution in [1.82, 2.24) is 15.2 Å². The van der Waals surface area contributed by atoms with E-state index in [9.17, 15) is 14.4 Å². The molecule has 8 heteroatoms. The average molecular weight is 415 g/mol. The molecule has 0 radical (unpaired) electrons. The van der Waals surface area contributed by atoms with Crippen molar-refractivity contribution >= 4 is 17.8 Å². The normalized spacial score (nSPS) is 12.9. The molecule has 0 aliphatic carbocycles. The van der Waals surface area contributed by atoms with Crippen LogP contribution in [-0.4, -0.2) is 46.7 Å². The molecule has 2 aromatic rings. The lowest BCUT2D eigenvalue weighted by Gasteiger charge is -2.23. The van der Waals surface area contributed by atoms with Crippen LogP contribution in [0, 0.1) is 19.8 Å². The first-order valence-corrected chi connectivity index (χ1v) is 9.74. The van der Waals surface area contributed by atoms with Crippen LogP contribution in [0.2, 0.25) is 0 Å². The molecule has 0 aliphatic rings. The molecule has 0 aliphatic heterocycles. The van der Waals surface area contributed by atoms with Crippen LogP contribution in [0.1, 0.15) is 42.5 Å². The molecule has 30 heavy (non-hydrogen) atoms. The fourth-order valence-corrected chi connectivity index (χ4v) is 3.30. The van der Waals surface area contributed by atoms with Crippen LogP contribution in [0.4, 0.5) is 0 Å². The first-order valence-electron chi connectivity index (χ1n) is 9.74. The van der Waals surface area contributed by atoms with Gasteiger partial charge in [-0.1, -0.05) is 26.0 Å². The van der Waals surface area contributed by atoms with Crippen molar-refractivity contribution in [3.8, 4) is 11.4 Å². The molecule has 2 amide bonds. The number of aliphatic carboxylic acids is 1. The predicted octanol–water partition coefficient (Wildman–Crippen LogP) is 2.45. The summed E-state index contributed by atoms with van der Waals surface area (Å²) in [5.74, 6) is -1.63. The number of carboxylic acids is 1. The maximum atomic E-state index is 13.0. The Morgan fingerprint density at radius 3 is 2.27 bits per heavy atom. The third-order valence-electron chi connectivity index (χ3n) is 4.97. The largest absolute Gasteiger partial charge is 0.495 e. The molecule has 2 atom stereocenters. The van der Waals surface area contributed by atoms with Gasteiger partial charge in [-0.3, -0.25) is 14.4 Å². The van der Waals surface area contributed by atoms with E-state index in [2.05, 4.69) is 10.6 Å². The highest BCUT2D eigenvalue weighted by molar-refractivity contribution is 5.99. The van der Waals surface area contributed by atoms with Crippen molar-refractivity contribution in [2.24, 2.45) is 5.92 Å². The number of carboxylic acid groups (broad SMARTS) is 1. The summed E-state index contributed by atoms with van der Waals surface area (Å²) in [6.45, 7) is 8.66. The van der Waals surface area contributed by atoms with E-state index in [0.29, 0.717) is 17.0 Å². The zero-order valence-electron chi connectivity index (χ0n) is 18.1. The SMILES string of the molecule is COc1ccccc1-n1c(C)cc(C(=O)NC(C(=O)NC(C)C(=O)O)C(C)C)c1C. The molecule has 162 valence electrons. The molecule has 8 nitrogen and oxygen atoms in total. The second kappa shape index (κ2) is 9.47. The van der Waals surface area contributed by atoms with Crippen molar-refractivity contribution in [3.05, 3.63) is 47.3 Å². The summed E-state index contributed by atoms with van der Waals surface area (Å²) in [6.07, 6.45) is 0. The summed E-state index contributed by atoms with van der Waals surface area (Å²) in [6, 6.07) is 7.34. The van der Waals surface area contributed by atoms with Gasteiger partial charge in [0.2, 0.25) is 5.91 Å². The second-order valence-electron chi connectivity index (χ2n) is 7.56. The van der Waals surface area contributed by atoms with E-state index in [1.165, 1.54) is 6.92 Å². The molecule has 0 saturated carbocycles. The van der Waals surface area contributed by atoms with E-state index in [0.717, 1.165) is 11.4 Å². The Morgan fingerprint density at radius 1 is 1.07 bits per heavy atom. The number of benzene rings is 1. The molecule has 0 spiro atoms. The number of carbonyl (C=O) groups excluding carboxylic acids is 2. The molecule has 0 bridgehead atoms. The van der Waals surface area contributed by atoms with Crippen LogP contribution in [0.15, 0.2) is 30.3 Å². The van der Waals surface area contributed by atoms with E-state index in [1.54, 1.807) is 27.0 Å². The first-order chi connectivity index (χ1) is 14.1. The van der Waals surface area contributed by atoms with Crippen LogP contribution in [0.3, 0.4) is 0 Å². The number of rotatable bonds is 8. The summed E-state index contributed by atoms with van der Waals surface area (Å²) in [5.41, 5.74) is 2.79. The number of hydrogen-bond donors (Lipinski definition) is 3. The number of aromatic nitrogens is 1. The number of methoxy groups -OCH3 is 1. The Kier molecular flexibility index (Phi) is 7.26. The highest BCUT2D eigenvalue weighted by Gasteiger charge is 2.28. The fourth-order valence-electron chi connectivity index (χ4n) is 3.30. The van der Waals surface area contributed by atoms with Crippen molar-refractivity contribution in [2.45, 2.75) is 46.7 Å². The van der Waals surface area contributed by atoms with Gasteiger partial charge in [-0.25, -0.2) is 0 Å². The summed E-state index contributed by atoms with van der Waals surface area (Å²) in [7, 11) is 1.59. The minimum Gasteiger partial charge on any atom is -0.495 e. The second-order valence-corrected chi connectivity index (χ2v) is 7.56. The van der Waals surface area contributed by atoms with Crippen LogP contribution in [-0.2, 0) is 9.59 Å². The number of hydrogen-bond acceptors (Lipinski definition) is 4. The number of para-hydroxylation sites is 2. The van der Waals surface area contributed by atoms with E-state index in [1.807, 2.05) is 42.7 Å². The van der Waals surface area contributed by atoms with E-state index < -0.39 is 29.9 Å². The van der Waals surface area contributed by atoms with Gasteiger partial charge in [-0.05, 0) is 44.9 Å². The smallest absolute Gasteiger partial charge is 0.325 e. The van der Waals surface area contributed by atoms with E-state index in [4.69, 9.17) is 9.84 Å². The first kappa shape index (κ1) is 23.0. The van der Waals surface area contributed by atoms with Crippen molar-refractivity contribution in [1.29, 1.82) is 0 Å². The molecule has 0 saturated heterocycles. The molecule has 2 rings (SSSR count). The quantitative estimate of drug-likeness (QED) is 0.614. The molecule has 3 N–H and O–H groups in total. The Bertz CT molecular complexity index is 948. The van der Waals surface area contributed by atoms with Gasteiger partial charge in [0, 0.05) is 11.4 Å². The maximum absolute atomic E-state index is 13.0. The topological polar surface area (TPSA) is 110 Å². The standard InChI is InChI=1S/C22H29N3O5/c1-12(2)19(21(27)23-14(4)22(28)29)24-20(26)16-11-13(3)25(15(16)5)17-9-7-8-10-18(17)30-6/h7-12,14,19H,1-6H3,(H,23,27)(H,24,26)(H,28,29). The monoisotopic (exact) mass is 415 g/mol. The molecule has 1 heterocycles. The molecule has 1 aromatic heterocycles. The van der Waals surface area contributed by atoms with Crippen LogP contribution < -0.4 is 15.4 Å². The third kappa shape index (κ3) is 4.82. The summed E-state index contributed by atoms with van der Waals surface area (Å²) in [4.78, 5) is 36.5. The molecular formula is C22H29N3O5. The third-order valence-corrected chi connectivity index (χ3v) is 4.97. The summed E-state index contributed by atoms with van der Waals surface area (Å²) >= 11 is 0. The number of aryl methyl sites for hydroxylation is 1. The average Bonchev–Trinajstić information content (AvgIpc) is 2.99. The minimum atomic E-state index is -1.14. The predicted molar refractivity (Wildman–Crippen MR) is 113 cm³/mol. The van der Waals surface area contributed by atoms with Crippen LogP contribution in [0.25, 0.3) is 5.69 Å². The fraction of sp³-hybridized carbons (Fsp3) is 0.409. The van der Waals surface area contributed by atoms with Gasteiger partial charge in [0.05, 0.1) is 18.4 Å². The lowest BCUT2D eigenvalue weighted by molar-refractivity contribution is -0.141. The Labute approximate surface area is 176 Å². The molecule has 2 unspecified atom stereocenters. The molecule has 1 aromatic carbocycles. The molecular weight excluding hydrogens is 386 g/mol. The minimum absolute atomic E-state index is 0.229. The zero-order valence-corrected chi connectivity index (χ0v) is 18.1. The zero-order chi connectivity index (χ0) is 22.6. The Hall–Kier alpha value is -3.29. The number of ether oxygens (including phenoxy) is 1. The number of nitrogens with one attached hydrogen (secondary N) is 2. The lowest BCUT2D eigenvalue weighted by atomic mass is 10.0. The Morgan fingerprint density at radius 2 is 1.70 bits per heavy atom. The van der Waals surface area contributed by atoms with E-state index >= 15 is 0 Å². The highest BCUT2D eigenvalue weighted by Crippen LogP contribution is 2.28. The number of nitrogens with zero attached hydrogens (tertiary/aromatic N) is 1. The van der Waals surface area contributed by atoms with Gasteiger partial charge in [0.25, 0.3) is 5.91 Å². The number of carbonyl (C=O) groups is 3. The van der Waals surface area contributed by atoms with Crippen molar-refractivity contribution < 1.29 is 24.2 Å². The number of amides is 2. The van der Waals surface area contributed by atoms with Gasteiger partial charge >= 0.3 is 5.97 Å². The lowest BCUT2D eigenvalue weighted by Crippen LogP contribution is -2.53. The van der Waals surface area contributed by atoms with Gasteiger partial charge < -0.3 is 25.0 Å². The van der Waals surface area contributed by atoms with Gasteiger partial charge in [0.1, 0.15) is 17.8 Å². The van der Waals surface area contributed by atoms with E-state index in [-0.39, 0.29) is 5.92 Å². The van der Waals surface area contributed by atoms with Crippen molar-refractivity contribution in [2.75, 3.05) is 7.11 Å². The molecule has 0 fully saturated rings. The summed E-state index contributed by atoms with van der Waals surface area (Å²) in [5, 5.41) is 14.2. The Balaban J connectivity index is 2.32. The maximum Gasteiger partial charge on any atom is 0.325 e.